The highest BCUT2D eigenvalue weighted by atomic mass is 19.1. The first kappa shape index (κ1) is 14.8. The van der Waals surface area contributed by atoms with Gasteiger partial charge in [-0.25, -0.2) is 9.37 Å². The Morgan fingerprint density at radius 1 is 1.50 bits per heavy atom. The van der Waals surface area contributed by atoms with Crippen LogP contribution in [0.15, 0.2) is 12.3 Å². The van der Waals surface area contributed by atoms with Gasteiger partial charge in [0, 0.05) is 13.1 Å². The lowest BCUT2D eigenvalue weighted by Gasteiger charge is -2.35. The molecule has 0 radical (unpaired) electrons. The summed E-state index contributed by atoms with van der Waals surface area (Å²) in [6.07, 6.45) is 5.33. The van der Waals surface area contributed by atoms with E-state index < -0.39 is 5.82 Å². The first-order valence-electron chi connectivity index (χ1n) is 7.05. The lowest BCUT2D eigenvalue weighted by atomic mass is 9.75. The number of amides is 1. The fraction of sp³-hybridized carbons (Fsp3) is 0.600. The molecule has 0 spiro atoms. The third-order valence-corrected chi connectivity index (χ3v) is 3.88. The van der Waals surface area contributed by atoms with Gasteiger partial charge in [0.25, 0.3) is 5.91 Å². The van der Waals surface area contributed by atoms with Gasteiger partial charge < -0.3 is 10.6 Å². The molecular formula is C15H22FN3O. The van der Waals surface area contributed by atoms with Gasteiger partial charge in [-0.05, 0) is 30.7 Å². The van der Waals surface area contributed by atoms with E-state index in [0.717, 1.165) is 25.5 Å². The molecule has 0 bridgehead atoms. The van der Waals surface area contributed by atoms with Crippen molar-refractivity contribution in [3.05, 3.63) is 23.6 Å². The largest absolute Gasteiger partial charge is 0.372 e. The minimum absolute atomic E-state index is 0.152. The fourth-order valence-corrected chi connectivity index (χ4v) is 2.90. The van der Waals surface area contributed by atoms with Crippen molar-refractivity contribution < 1.29 is 9.18 Å². The fourth-order valence-electron chi connectivity index (χ4n) is 2.90. The molecule has 0 saturated heterocycles. The van der Waals surface area contributed by atoms with E-state index in [2.05, 4.69) is 29.5 Å². The number of hydrogen-bond acceptors (Lipinski definition) is 3. The SMILES string of the molecule is CNc1ncc(F)cc1C(=O)NC1CCCC(C)(C)C1. The highest BCUT2D eigenvalue weighted by molar-refractivity contribution is 5.98. The van der Waals surface area contributed by atoms with E-state index in [-0.39, 0.29) is 22.9 Å². The third-order valence-electron chi connectivity index (χ3n) is 3.88. The number of rotatable bonds is 3. The molecule has 1 aromatic rings. The van der Waals surface area contributed by atoms with Gasteiger partial charge in [0.05, 0.1) is 11.8 Å². The van der Waals surface area contributed by atoms with Crippen LogP contribution in [0, 0.1) is 11.2 Å². The molecule has 20 heavy (non-hydrogen) atoms. The van der Waals surface area contributed by atoms with Gasteiger partial charge in [0.2, 0.25) is 0 Å². The quantitative estimate of drug-likeness (QED) is 0.894. The summed E-state index contributed by atoms with van der Waals surface area (Å²) in [6.45, 7) is 4.43. The van der Waals surface area contributed by atoms with Crippen LogP contribution in [0.1, 0.15) is 49.9 Å². The molecule has 1 fully saturated rings. The number of pyridine rings is 1. The molecule has 1 heterocycles. The van der Waals surface area contributed by atoms with Crippen molar-refractivity contribution in [2.75, 3.05) is 12.4 Å². The van der Waals surface area contributed by atoms with E-state index in [1.807, 2.05) is 0 Å². The minimum Gasteiger partial charge on any atom is -0.372 e. The molecule has 1 aromatic heterocycles. The second-order valence-corrected chi connectivity index (χ2v) is 6.23. The molecule has 110 valence electrons. The molecule has 2 rings (SSSR count). The summed E-state index contributed by atoms with van der Waals surface area (Å²) in [7, 11) is 1.67. The maximum absolute atomic E-state index is 13.3. The van der Waals surface area contributed by atoms with Crippen LogP contribution in [0.25, 0.3) is 0 Å². The second kappa shape index (κ2) is 5.77. The van der Waals surface area contributed by atoms with Crippen LogP contribution in [0.3, 0.4) is 0 Å². The van der Waals surface area contributed by atoms with E-state index in [4.69, 9.17) is 0 Å². The van der Waals surface area contributed by atoms with Gasteiger partial charge in [0.15, 0.2) is 0 Å². The predicted molar refractivity (Wildman–Crippen MR) is 77.2 cm³/mol. The maximum atomic E-state index is 13.3. The number of carbonyl (C=O) groups is 1. The standard InChI is InChI=1S/C15H22FN3O/c1-15(2)6-4-5-11(8-15)19-14(20)12-7-10(16)9-18-13(12)17-3/h7,9,11H,4-6,8H2,1-3H3,(H,17,18)(H,19,20). The molecule has 1 atom stereocenters. The second-order valence-electron chi connectivity index (χ2n) is 6.23. The lowest BCUT2D eigenvalue weighted by Crippen LogP contribution is -2.40. The van der Waals surface area contributed by atoms with E-state index >= 15 is 0 Å². The Labute approximate surface area is 119 Å². The van der Waals surface area contributed by atoms with Crippen molar-refractivity contribution in [1.29, 1.82) is 0 Å². The number of aromatic nitrogens is 1. The Bertz CT molecular complexity index is 502. The molecule has 5 heteroatoms. The monoisotopic (exact) mass is 279 g/mol. The van der Waals surface area contributed by atoms with E-state index in [9.17, 15) is 9.18 Å². The number of hydrogen-bond donors (Lipinski definition) is 2. The predicted octanol–water partition coefficient (Wildman–Crippen LogP) is 2.96. The molecular weight excluding hydrogens is 257 g/mol. The van der Waals surface area contributed by atoms with Crippen LogP contribution in [-0.4, -0.2) is 24.0 Å². The van der Waals surface area contributed by atoms with Crippen LogP contribution in [0.4, 0.5) is 10.2 Å². The van der Waals surface area contributed by atoms with Gasteiger partial charge in [0.1, 0.15) is 11.6 Å². The Morgan fingerprint density at radius 3 is 2.90 bits per heavy atom. The molecule has 1 saturated carbocycles. The molecule has 2 N–H and O–H groups in total. The van der Waals surface area contributed by atoms with Crippen LogP contribution in [0.2, 0.25) is 0 Å². The summed E-state index contributed by atoms with van der Waals surface area (Å²) in [5, 5.41) is 5.83. The smallest absolute Gasteiger partial charge is 0.255 e. The zero-order valence-electron chi connectivity index (χ0n) is 12.3. The number of carbonyl (C=O) groups excluding carboxylic acids is 1. The lowest BCUT2D eigenvalue weighted by molar-refractivity contribution is 0.0902. The first-order valence-corrected chi connectivity index (χ1v) is 7.05. The summed E-state index contributed by atoms with van der Waals surface area (Å²) >= 11 is 0. The van der Waals surface area contributed by atoms with Crippen LogP contribution in [-0.2, 0) is 0 Å². The Kier molecular flexibility index (Phi) is 4.26. The Hall–Kier alpha value is -1.65. The van der Waals surface area contributed by atoms with Crippen molar-refractivity contribution in [2.24, 2.45) is 5.41 Å². The van der Waals surface area contributed by atoms with Crippen molar-refractivity contribution >= 4 is 11.7 Å². The average molecular weight is 279 g/mol. The molecule has 1 unspecified atom stereocenters. The summed E-state index contributed by atoms with van der Waals surface area (Å²) in [5.41, 5.74) is 0.512. The van der Waals surface area contributed by atoms with Gasteiger partial charge in [-0.15, -0.1) is 0 Å². The zero-order chi connectivity index (χ0) is 14.8. The third kappa shape index (κ3) is 3.46. The summed E-state index contributed by atoms with van der Waals surface area (Å²) in [5.74, 6) is -0.360. The van der Waals surface area contributed by atoms with Gasteiger partial charge in [-0.2, -0.15) is 0 Å². The van der Waals surface area contributed by atoms with Crippen LogP contribution < -0.4 is 10.6 Å². The Morgan fingerprint density at radius 2 is 2.25 bits per heavy atom. The zero-order valence-corrected chi connectivity index (χ0v) is 12.3. The molecule has 1 aliphatic rings. The van der Waals surface area contributed by atoms with Crippen molar-refractivity contribution in [3.63, 3.8) is 0 Å². The summed E-state index contributed by atoms with van der Waals surface area (Å²) in [6, 6.07) is 1.38. The summed E-state index contributed by atoms with van der Waals surface area (Å²) < 4.78 is 13.3. The molecule has 0 aromatic carbocycles. The average Bonchev–Trinajstić information content (AvgIpc) is 2.37. The minimum atomic E-state index is -0.502. The van der Waals surface area contributed by atoms with Crippen LogP contribution >= 0.6 is 0 Å². The van der Waals surface area contributed by atoms with Gasteiger partial charge in [-0.3, -0.25) is 4.79 Å². The molecule has 1 aliphatic carbocycles. The Balaban J connectivity index is 2.10. The summed E-state index contributed by atoms with van der Waals surface area (Å²) in [4.78, 5) is 16.2. The van der Waals surface area contributed by atoms with Crippen LogP contribution in [0.5, 0.6) is 0 Å². The van der Waals surface area contributed by atoms with Crippen molar-refractivity contribution in [2.45, 2.75) is 45.6 Å². The van der Waals surface area contributed by atoms with E-state index in [0.29, 0.717) is 5.82 Å². The number of halogens is 1. The number of nitrogens with one attached hydrogen (secondary N) is 2. The highest BCUT2D eigenvalue weighted by Crippen LogP contribution is 2.35. The maximum Gasteiger partial charge on any atom is 0.255 e. The van der Waals surface area contributed by atoms with Gasteiger partial charge in [-0.1, -0.05) is 20.3 Å². The highest BCUT2D eigenvalue weighted by Gasteiger charge is 2.29. The van der Waals surface area contributed by atoms with Gasteiger partial charge >= 0.3 is 0 Å². The van der Waals surface area contributed by atoms with Crippen molar-refractivity contribution in [1.82, 2.24) is 10.3 Å². The molecule has 0 aliphatic heterocycles. The first-order chi connectivity index (χ1) is 9.41. The van der Waals surface area contributed by atoms with E-state index in [1.54, 1.807) is 7.05 Å². The molecule has 4 nitrogen and oxygen atoms in total. The number of anilines is 1. The van der Waals surface area contributed by atoms with Crippen molar-refractivity contribution in [3.8, 4) is 0 Å². The number of nitrogens with zero attached hydrogens (tertiary/aromatic N) is 1. The molecule has 1 amide bonds. The normalized spacial score (nSPS) is 21.3. The van der Waals surface area contributed by atoms with E-state index in [1.165, 1.54) is 12.5 Å². The topological polar surface area (TPSA) is 54.0 Å².